The molecule has 1 heterocycles. The molecule has 6 heteroatoms. The van der Waals surface area contributed by atoms with Gasteiger partial charge in [-0.2, -0.15) is 0 Å². The number of carbonyl (C=O) groups is 1. The maximum Gasteiger partial charge on any atom is 0.337 e. The lowest BCUT2D eigenvalue weighted by Crippen LogP contribution is -2.19. The van der Waals surface area contributed by atoms with Gasteiger partial charge in [0.2, 0.25) is 0 Å². The van der Waals surface area contributed by atoms with E-state index < -0.39 is 16.3 Å². The fourth-order valence-corrected chi connectivity index (χ4v) is 1.31. The van der Waals surface area contributed by atoms with Gasteiger partial charge in [0.15, 0.2) is 0 Å². The van der Waals surface area contributed by atoms with E-state index in [-0.39, 0.29) is 11.3 Å². The number of hydrogen-bond donors (Lipinski definition) is 1. The van der Waals surface area contributed by atoms with Crippen LogP contribution in [0.1, 0.15) is 36.8 Å². The van der Waals surface area contributed by atoms with Crippen LogP contribution in [0.4, 0.5) is 5.69 Å². The molecule has 0 saturated heterocycles. The highest BCUT2D eigenvalue weighted by atomic mass is 16.6. The van der Waals surface area contributed by atoms with Gasteiger partial charge < -0.3 is 5.11 Å². The van der Waals surface area contributed by atoms with Crippen LogP contribution in [0.5, 0.6) is 0 Å². The van der Waals surface area contributed by atoms with Gasteiger partial charge in [0.1, 0.15) is 6.20 Å². The minimum Gasteiger partial charge on any atom is -0.478 e. The fourth-order valence-electron chi connectivity index (χ4n) is 1.31. The largest absolute Gasteiger partial charge is 0.478 e. The molecule has 0 unspecified atom stereocenters. The average Bonchev–Trinajstić information content (AvgIpc) is 2.15. The number of pyridine rings is 1. The van der Waals surface area contributed by atoms with Crippen molar-refractivity contribution in [2.75, 3.05) is 0 Å². The quantitative estimate of drug-likeness (QED) is 0.612. The Morgan fingerprint density at radius 1 is 1.50 bits per heavy atom. The first-order chi connectivity index (χ1) is 7.23. The Morgan fingerprint density at radius 3 is 2.44 bits per heavy atom. The summed E-state index contributed by atoms with van der Waals surface area (Å²) in [5, 5.41) is 19.5. The molecule has 0 amide bonds. The summed E-state index contributed by atoms with van der Waals surface area (Å²) in [5.41, 5.74) is -0.569. The highest BCUT2D eigenvalue weighted by molar-refractivity contribution is 5.90. The molecule has 0 fully saturated rings. The van der Waals surface area contributed by atoms with Crippen molar-refractivity contribution in [1.82, 2.24) is 4.98 Å². The predicted octanol–water partition coefficient (Wildman–Crippen LogP) is 1.99. The fraction of sp³-hybridized carbons (Fsp3) is 0.400. The molecule has 0 aliphatic carbocycles. The topological polar surface area (TPSA) is 93.3 Å². The third-order valence-electron chi connectivity index (χ3n) is 2.02. The Hall–Kier alpha value is -1.98. The summed E-state index contributed by atoms with van der Waals surface area (Å²) < 4.78 is 0. The number of rotatable bonds is 2. The van der Waals surface area contributed by atoms with Crippen LogP contribution in [0, 0.1) is 10.1 Å². The van der Waals surface area contributed by atoms with Crippen LogP contribution < -0.4 is 0 Å². The molecule has 6 nitrogen and oxygen atoms in total. The van der Waals surface area contributed by atoms with E-state index >= 15 is 0 Å². The number of nitro groups is 1. The molecule has 0 saturated carbocycles. The van der Waals surface area contributed by atoms with Crippen molar-refractivity contribution in [2.24, 2.45) is 0 Å². The number of carboxylic acid groups (broad SMARTS) is 1. The minimum atomic E-state index is -1.21. The maximum absolute atomic E-state index is 11.0. The maximum atomic E-state index is 11.0. The van der Waals surface area contributed by atoms with E-state index in [2.05, 4.69) is 4.98 Å². The molecule has 1 aromatic heterocycles. The summed E-state index contributed by atoms with van der Waals surface area (Å²) in [6.07, 6.45) is 1.08. The molecule has 1 rings (SSSR count). The lowest BCUT2D eigenvalue weighted by atomic mass is 9.88. The first-order valence-electron chi connectivity index (χ1n) is 4.61. The molecule has 0 spiro atoms. The van der Waals surface area contributed by atoms with Crippen molar-refractivity contribution in [1.29, 1.82) is 0 Å². The van der Waals surface area contributed by atoms with Crippen LogP contribution in [-0.2, 0) is 5.41 Å². The zero-order chi connectivity index (χ0) is 12.5. The van der Waals surface area contributed by atoms with Gasteiger partial charge in [0.05, 0.1) is 16.2 Å². The third-order valence-corrected chi connectivity index (χ3v) is 2.02. The molecule has 0 aliphatic rings. The van der Waals surface area contributed by atoms with Crippen molar-refractivity contribution in [3.63, 3.8) is 0 Å². The first-order valence-corrected chi connectivity index (χ1v) is 4.61. The summed E-state index contributed by atoms with van der Waals surface area (Å²) in [5.74, 6) is -1.21. The van der Waals surface area contributed by atoms with E-state index in [1.807, 2.05) is 0 Å². The molecule has 0 radical (unpaired) electrons. The van der Waals surface area contributed by atoms with Gasteiger partial charge in [-0.1, -0.05) is 20.8 Å². The van der Waals surface area contributed by atoms with E-state index in [4.69, 9.17) is 5.11 Å². The van der Waals surface area contributed by atoms with Crippen LogP contribution in [0.2, 0.25) is 0 Å². The number of carboxylic acids is 1. The van der Waals surface area contributed by atoms with E-state index in [1.165, 1.54) is 0 Å². The number of aromatic nitrogens is 1. The second-order valence-electron chi connectivity index (χ2n) is 4.40. The predicted molar refractivity (Wildman–Crippen MR) is 56.6 cm³/mol. The van der Waals surface area contributed by atoms with Crippen molar-refractivity contribution >= 4 is 11.7 Å². The Kier molecular flexibility index (Phi) is 2.93. The summed E-state index contributed by atoms with van der Waals surface area (Å²) in [4.78, 5) is 24.7. The van der Waals surface area contributed by atoms with Crippen LogP contribution in [0.3, 0.4) is 0 Å². The standard InChI is InChI=1S/C10H12N2O4/c1-10(2,3)8-7(9(13)14)4-6(5-11-8)12(15)16/h4-5H,1-3H3,(H,13,14). The van der Waals surface area contributed by atoms with Gasteiger partial charge >= 0.3 is 5.97 Å². The van der Waals surface area contributed by atoms with Gasteiger partial charge in [-0.3, -0.25) is 15.1 Å². The molecular formula is C10H12N2O4. The molecule has 0 atom stereocenters. The Bertz CT molecular complexity index is 449. The zero-order valence-electron chi connectivity index (χ0n) is 9.22. The normalized spacial score (nSPS) is 11.2. The second-order valence-corrected chi connectivity index (χ2v) is 4.40. The van der Waals surface area contributed by atoms with Crippen LogP contribution in [0.25, 0.3) is 0 Å². The van der Waals surface area contributed by atoms with Gasteiger partial charge in [0.25, 0.3) is 5.69 Å². The van der Waals surface area contributed by atoms with E-state index in [0.29, 0.717) is 5.69 Å². The number of hydrogen-bond acceptors (Lipinski definition) is 4. The molecule has 86 valence electrons. The smallest absolute Gasteiger partial charge is 0.337 e. The number of aromatic carboxylic acids is 1. The summed E-state index contributed by atoms with van der Waals surface area (Å²) in [6, 6.07) is 1.04. The minimum absolute atomic E-state index is 0.123. The van der Waals surface area contributed by atoms with Gasteiger partial charge in [0, 0.05) is 11.5 Å². The monoisotopic (exact) mass is 224 g/mol. The molecule has 1 aromatic rings. The summed E-state index contributed by atoms with van der Waals surface area (Å²) in [6.45, 7) is 5.40. The molecule has 0 aromatic carbocycles. The van der Waals surface area contributed by atoms with E-state index in [9.17, 15) is 14.9 Å². The first kappa shape index (κ1) is 12.1. The molecular weight excluding hydrogens is 212 g/mol. The summed E-state index contributed by atoms with van der Waals surface area (Å²) >= 11 is 0. The molecule has 0 bridgehead atoms. The lowest BCUT2D eigenvalue weighted by Gasteiger charge is -2.19. The van der Waals surface area contributed by atoms with Crippen LogP contribution in [-0.4, -0.2) is 21.0 Å². The molecule has 0 aliphatic heterocycles. The lowest BCUT2D eigenvalue weighted by molar-refractivity contribution is -0.385. The van der Waals surface area contributed by atoms with Gasteiger partial charge in [-0.25, -0.2) is 4.79 Å². The SMILES string of the molecule is CC(C)(C)c1ncc([N+](=O)[O-])cc1C(=O)O. The van der Waals surface area contributed by atoms with Crippen molar-refractivity contribution in [3.05, 3.63) is 33.6 Å². The van der Waals surface area contributed by atoms with E-state index in [0.717, 1.165) is 12.3 Å². The Balaban J connectivity index is 3.43. The highest BCUT2D eigenvalue weighted by Gasteiger charge is 2.25. The summed E-state index contributed by atoms with van der Waals surface area (Å²) in [7, 11) is 0. The van der Waals surface area contributed by atoms with Gasteiger partial charge in [-0.05, 0) is 0 Å². The average molecular weight is 224 g/mol. The molecule has 16 heavy (non-hydrogen) atoms. The van der Waals surface area contributed by atoms with Crippen molar-refractivity contribution in [3.8, 4) is 0 Å². The number of nitrogens with zero attached hydrogens (tertiary/aromatic N) is 2. The Morgan fingerprint density at radius 2 is 2.06 bits per heavy atom. The zero-order valence-corrected chi connectivity index (χ0v) is 9.22. The third kappa shape index (κ3) is 2.33. The van der Waals surface area contributed by atoms with Crippen LogP contribution in [0.15, 0.2) is 12.3 Å². The van der Waals surface area contributed by atoms with Crippen molar-refractivity contribution in [2.45, 2.75) is 26.2 Å². The van der Waals surface area contributed by atoms with Crippen molar-refractivity contribution < 1.29 is 14.8 Å². The molecule has 1 N–H and O–H groups in total. The van der Waals surface area contributed by atoms with E-state index in [1.54, 1.807) is 20.8 Å². The Labute approximate surface area is 92.1 Å². The highest BCUT2D eigenvalue weighted by Crippen LogP contribution is 2.26. The van der Waals surface area contributed by atoms with Crippen LogP contribution >= 0.6 is 0 Å². The second kappa shape index (κ2) is 3.88. The van der Waals surface area contributed by atoms with Gasteiger partial charge in [-0.15, -0.1) is 0 Å².